The first-order valence-electron chi connectivity index (χ1n) is 14.6. The Morgan fingerprint density at radius 1 is 0.595 bits per heavy atom. The van der Waals surface area contributed by atoms with E-state index in [1.54, 1.807) is 0 Å². The predicted octanol–water partition coefficient (Wildman–Crippen LogP) is 9.70. The first-order chi connectivity index (χ1) is 20.4. The molecule has 0 atom stereocenters. The summed E-state index contributed by atoms with van der Waals surface area (Å²) in [7, 11) is 0. The smallest absolute Gasteiger partial charge is 0.169 e. The van der Waals surface area contributed by atoms with Gasteiger partial charge in [0.2, 0.25) is 0 Å². The number of nitrogens with zero attached hydrogens (tertiary/aromatic N) is 4. The molecule has 0 N–H and O–H groups in total. The standard InChI is InChI=1S/C38H32N4/c1-24-13-19-34-31(21-24)32-22-25(23-38(2,3)4)14-20-35(32)41(34)27-17-15-26(16-18-27)36-39-40-37-30-11-6-5-9-28(30)29-10-7-8-12-33(29)42(36)37/h5-22H,23H2,1-4H3. The van der Waals surface area contributed by atoms with Gasteiger partial charge in [0.25, 0.3) is 0 Å². The molecular formula is C38H32N4. The van der Waals surface area contributed by atoms with Crippen LogP contribution in [0, 0.1) is 12.3 Å². The maximum atomic E-state index is 4.71. The van der Waals surface area contributed by atoms with Gasteiger partial charge in [0, 0.05) is 32.8 Å². The lowest BCUT2D eigenvalue weighted by atomic mass is 9.88. The lowest BCUT2D eigenvalue weighted by Crippen LogP contribution is -2.08. The summed E-state index contributed by atoms with van der Waals surface area (Å²) >= 11 is 0. The van der Waals surface area contributed by atoms with E-state index < -0.39 is 0 Å². The normalized spacial score (nSPS) is 12.4. The molecule has 0 unspecified atom stereocenters. The molecular weight excluding hydrogens is 512 g/mol. The Bertz CT molecular complexity index is 2310. The molecule has 4 nitrogen and oxygen atoms in total. The highest BCUT2D eigenvalue weighted by molar-refractivity contribution is 6.12. The van der Waals surface area contributed by atoms with E-state index >= 15 is 0 Å². The highest BCUT2D eigenvalue weighted by atomic mass is 15.2. The van der Waals surface area contributed by atoms with E-state index in [2.05, 4.69) is 151 Å². The van der Waals surface area contributed by atoms with E-state index in [4.69, 9.17) is 5.10 Å². The van der Waals surface area contributed by atoms with Gasteiger partial charge in [-0.3, -0.25) is 4.40 Å². The molecule has 3 aromatic heterocycles. The Hall–Kier alpha value is -4.96. The first kappa shape index (κ1) is 24.8. The van der Waals surface area contributed by atoms with Crippen LogP contribution < -0.4 is 0 Å². The molecule has 0 amide bonds. The van der Waals surface area contributed by atoms with Crippen molar-refractivity contribution in [3.05, 3.63) is 120 Å². The van der Waals surface area contributed by atoms with Gasteiger partial charge in [0.05, 0.1) is 16.6 Å². The van der Waals surface area contributed by atoms with Crippen LogP contribution in [0.2, 0.25) is 0 Å². The molecule has 0 saturated carbocycles. The maximum Gasteiger partial charge on any atom is 0.169 e. The fourth-order valence-electron chi connectivity index (χ4n) is 6.63. The Balaban J connectivity index is 1.30. The molecule has 0 aliphatic rings. The van der Waals surface area contributed by atoms with Crippen molar-refractivity contribution >= 4 is 49.1 Å². The summed E-state index contributed by atoms with van der Waals surface area (Å²) in [6.07, 6.45) is 1.05. The van der Waals surface area contributed by atoms with Crippen LogP contribution in [0.4, 0.5) is 0 Å². The topological polar surface area (TPSA) is 35.1 Å². The van der Waals surface area contributed by atoms with Crippen molar-refractivity contribution < 1.29 is 0 Å². The van der Waals surface area contributed by atoms with Gasteiger partial charge in [-0.15, -0.1) is 10.2 Å². The van der Waals surface area contributed by atoms with E-state index in [0.29, 0.717) is 0 Å². The van der Waals surface area contributed by atoms with Crippen molar-refractivity contribution in [1.82, 2.24) is 19.2 Å². The molecule has 3 heterocycles. The Morgan fingerprint density at radius 3 is 2.02 bits per heavy atom. The van der Waals surface area contributed by atoms with Crippen LogP contribution >= 0.6 is 0 Å². The minimum atomic E-state index is 0.237. The van der Waals surface area contributed by atoms with Crippen LogP contribution in [0.15, 0.2) is 109 Å². The Morgan fingerprint density at radius 2 is 1.26 bits per heavy atom. The molecule has 8 aromatic rings. The Labute approximate surface area is 244 Å². The summed E-state index contributed by atoms with van der Waals surface area (Å²) in [6.45, 7) is 9.08. The molecule has 204 valence electrons. The SMILES string of the molecule is Cc1ccc2c(c1)c1cc(CC(C)(C)C)ccc1n2-c1ccc(-c2nnc3c4ccccc4c4ccccc4n23)cc1. The number of fused-ring (bicyclic) bond motifs is 9. The Kier molecular flexibility index (Phi) is 5.33. The second-order valence-corrected chi connectivity index (χ2v) is 12.7. The second kappa shape index (κ2) is 9.02. The summed E-state index contributed by atoms with van der Waals surface area (Å²) in [5.41, 5.74) is 9.51. The summed E-state index contributed by atoms with van der Waals surface area (Å²) in [5.74, 6) is 0.850. The maximum absolute atomic E-state index is 4.71. The van der Waals surface area contributed by atoms with Crippen LogP contribution in [-0.2, 0) is 6.42 Å². The minimum Gasteiger partial charge on any atom is -0.309 e. The summed E-state index contributed by atoms with van der Waals surface area (Å²) in [6, 6.07) is 39.5. The number of benzene rings is 5. The lowest BCUT2D eigenvalue weighted by molar-refractivity contribution is 0.411. The van der Waals surface area contributed by atoms with Crippen LogP contribution in [0.1, 0.15) is 31.9 Å². The summed E-state index contributed by atoms with van der Waals surface area (Å²) in [5, 5.41) is 15.5. The van der Waals surface area contributed by atoms with Crippen molar-refractivity contribution in [2.24, 2.45) is 5.41 Å². The first-order valence-corrected chi connectivity index (χ1v) is 14.6. The van der Waals surface area contributed by atoms with Crippen molar-refractivity contribution in [2.75, 3.05) is 0 Å². The van der Waals surface area contributed by atoms with E-state index in [1.807, 2.05) is 0 Å². The number of hydrogen-bond acceptors (Lipinski definition) is 2. The number of para-hydroxylation sites is 1. The summed E-state index contributed by atoms with van der Waals surface area (Å²) in [4.78, 5) is 0. The molecule has 0 saturated heterocycles. The van der Waals surface area contributed by atoms with Gasteiger partial charge < -0.3 is 4.57 Å². The largest absolute Gasteiger partial charge is 0.309 e. The van der Waals surface area contributed by atoms with E-state index in [1.165, 1.54) is 43.7 Å². The molecule has 42 heavy (non-hydrogen) atoms. The summed E-state index contributed by atoms with van der Waals surface area (Å²) < 4.78 is 4.59. The molecule has 0 fully saturated rings. The zero-order valence-electron chi connectivity index (χ0n) is 24.4. The van der Waals surface area contributed by atoms with Gasteiger partial charge >= 0.3 is 0 Å². The minimum absolute atomic E-state index is 0.237. The van der Waals surface area contributed by atoms with E-state index in [0.717, 1.165) is 40.0 Å². The zero-order chi connectivity index (χ0) is 28.6. The molecule has 0 aliphatic carbocycles. The number of pyridine rings is 1. The van der Waals surface area contributed by atoms with Gasteiger partial charge in [0.1, 0.15) is 0 Å². The van der Waals surface area contributed by atoms with Crippen LogP contribution in [-0.4, -0.2) is 19.2 Å². The van der Waals surface area contributed by atoms with Gasteiger partial charge in [-0.1, -0.05) is 80.9 Å². The fraction of sp³-hybridized carbons (Fsp3) is 0.158. The molecule has 0 bridgehead atoms. The molecule has 0 spiro atoms. The molecule has 8 rings (SSSR count). The van der Waals surface area contributed by atoms with E-state index in [9.17, 15) is 0 Å². The molecule has 5 aromatic carbocycles. The fourth-order valence-corrected chi connectivity index (χ4v) is 6.63. The van der Waals surface area contributed by atoms with Crippen molar-refractivity contribution in [1.29, 1.82) is 0 Å². The third kappa shape index (κ3) is 3.82. The number of rotatable bonds is 3. The van der Waals surface area contributed by atoms with Gasteiger partial charge in [-0.25, -0.2) is 0 Å². The molecule has 0 radical (unpaired) electrons. The van der Waals surface area contributed by atoms with Crippen LogP contribution in [0.3, 0.4) is 0 Å². The van der Waals surface area contributed by atoms with Crippen LogP contribution in [0.5, 0.6) is 0 Å². The molecule has 0 aliphatic heterocycles. The lowest BCUT2D eigenvalue weighted by Gasteiger charge is -2.18. The second-order valence-electron chi connectivity index (χ2n) is 12.7. The van der Waals surface area contributed by atoms with Crippen LogP contribution in [0.25, 0.3) is 66.2 Å². The molecule has 4 heteroatoms. The highest BCUT2D eigenvalue weighted by Crippen LogP contribution is 2.36. The quantitative estimate of drug-likeness (QED) is 0.208. The van der Waals surface area contributed by atoms with Gasteiger partial charge in [-0.2, -0.15) is 0 Å². The van der Waals surface area contributed by atoms with E-state index in [-0.39, 0.29) is 5.41 Å². The van der Waals surface area contributed by atoms with Gasteiger partial charge in [-0.05, 0) is 84.3 Å². The zero-order valence-corrected chi connectivity index (χ0v) is 24.4. The monoisotopic (exact) mass is 544 g/mol. The number of aryl methyl sites for hydroxylation is 1. The number of hydrogen-bond donors (Lipinski definition) is 0. The average molecular weight is 545 g/mol. The number of aromatic nitrogens is 4. The van der Waals surface area contributed by atoms with Gasteiger partial charge in [0.15, 0.2) is 11.5 Å². The van der Waals surface area contributed by atoms with Crippen molar-refractivity contribution in [3.63, 3.8) is 0 Å². The van der Waals surface area contributed by atoms with Crippen molar-refractivity contribution in [2.45, 2.75) is 34.1 Å². The third-order valence-corrected chi connectivity index (χ3v) is 8.37. The third-order valence-electron chi connectivity index (χ3n) is 8.37. The average Bonchev–Trinajstić information content (AvgIpc) is 3.57. The highest BCUT2D eigenvalue weighted by Gasteiger charge is 2.18. The predicted molar refractivity (Wildman–Crippen MR) is 176 cm³/mol. The van der Waals surface area contributed by atoms with Crippen molar-refractivity contribution in [3.8, 4) is 17.1 Å².